The topological polar surface area (TPSA) is 226 Å². The number of hydrogen-bond acceptors (Lipinski definition) is 11. The Morgan fingerprint density at radius 3 is 1.46 bits per heavy atom. The molecule has 0 unspecified atom stereocenters. The van der Waals surface area contributed by atoms with Gasteiger partial charge in [-0.25, -0.2) is 0 Å². The van der Waals surface area contributed by atoms with Gasteiger partial charge < -0.3 is 51.3 Å². The van der Waals surface area contributed by atoms with E-state index in [0.717, 1.165) is 0 Å². The fraction of sp³-hybridized carbons (Fsp3) is 0.739. The number of amides is 5. The summed E-state index contributed by atoms with van der Waals surface area (Å²) in [5, 5.41) is 11.9. The zero-order valence-corrected chi connectivity index (χ0v) is 22.8. The monoisotopic (exact) mass is 564 g/mol. The second-order valence-corrected chi connectivity index (χ2v) is 7.46. The van der Waals surface area contributed by atoms with E-state index in [-0.39, 0.29) is 37.9 Å². The summed E-state index contributed by atoms with van der Waals surface area (Å²) in [6, 6.07) is 0. The highest BCUT2D eigenvalue weighted by Gasteiger charge is 2.08. The maximum Gasteiger partial charge on any atom is 0.239 e. The van der Waals surface area contributed by atoms with Crippen LogP contribution in [-0.4, -0.2) is 128 Å². The highest BCUT2D eigenvalue weighted by atomic mass is 16.6. The van der Waals surface area contributed by atoms with Gasteiger partial charge in [-0.15, -0.1) is 0 Å². The van der Waals surface area contributed by atoms with Crippen LogP contribution in [0.2, 0.25) is 0 Å². The zero-order chi connectivity index (χ0) is 29.6. The summed E-state index contributed by atoms with van der Waals surface area (Å²) in [7, 11) is 0. The highest BCUT2D eigenvalue weighted by molar-refractivity contribution is 5.90. The van der Waals surface area contributed by atoms with E-state index in [2.05, 4.69) is 26.6 Å². The van der Waals surface area contributed by atoms with E-state index in [1.54, 1.807) is 13.8 Å². The van der Waals surface area contributed by atoms with Crippen LogP contribution in [0.25, 0.3) is 0 Å². The van der Waals surface area contributed by atoms with Crippen LogP contribution in [0.5, 0.6) is 0 Å². The molecule has 0 heterocycles. The van der Waals surface area contributed by atoms with E-state index in [1.807, 2.05) is 0 Å². The molecule has 7 N–H and O–H groups in total. The van der Waals surface area contributed by atoms with Crippen molar-refractivity contribution in [1.29, 1.82) is 0 Å². The van der Waals surface area contributed by atoms with Gasteiger partial charge in [0.15, 0.2) is 0 Å². The fourth-order valence-electron chi connectivity index (χ4n) is 2.16. The molecule has 5 amide bonds. The fourth-order valence-corrected chi connectivity index (χ4v) is 2.16. The molecule has 16 nitrogen and oxygen atoms in total. The first-order valence-electron chi connectivity index (χ1n) is 12.5. The number of hydrogen-bond donors (Lipinski definition) is 6. The summed E-state index contributed by atoms with van der Waals surface area (Å²) >= 11 is 0. The Morgan fingerprint density at radius 1 is 0.641 bits per heavy atom. The molecule has 0 spiro atoms. The van der Waals surface area contributed by atoms with Crippen molar-refractivity contribution in [2.75, 3.05) is 92.1 Å². The third-order valence-electron chi connectivity index (χ3n) is 4.09. The largest absolute Gasteiger partial charge is 0.379 e. The first-order chi connectivity index (χ1) is 18.8. The molecule has 0 aliphatic carbocycles. The minimum Gasteiger partial charge on any atom is -0.379 e. The van der Waals surface area contributed by atoms with Crippen molar-refractivity contribution in [2.45, 2.75) is 20.3 Å². The number of nitrogens with one attached hydrogen (secondary N) is 5. The van der Waals surface area contributed by atoms with Crippen LogP contribution in [0.3, 0.4) is 0 Å². The number of nitrogens with two attached hydrogens (primary N) is 1. The molecular formula is C23H44N6O10. The number of Topliss-reactive ketones (excluding diaryl/α,β-unsaturated/α-hetero) is 1. The number of carbonyl (C=O) groups is 6. The third-order valence-corrected chi connectivity index (χ3v) is 4.09. The zero-order valence-electron chi connectivity index (χ0n) is 22.8. The molecule has 0 aliphatic heterocycles. The Kier molecular flexibility index (Phi) is 28.6. The predicted molar refractivity (Wildman–Crippen MR) is 139 cm³/mol. The van der Waals surface area contributed by atoms with Crippen molar-refractivity contribution < 1.29 is 47.7 Å². The lowest BCUT2D eigenvalue weighted by Crippen LogP contribution is -2.44. The van der Waals surface area contributed by atoms with Crippen LogP contribution < -0.4 is 32.3 Å². The first kappa shape index (κ1) is 38.0. The maximum atomic E-state index is 11.2. The molecule has 0 rings (SSSR count). The van der Waals surface area contributed by atoms with Gasteiger partial charge in [-0.05, 0) is 13.8 Å². The van der Waals surface area contributed by atoms with E-state index in [0.29, 0.717) is 78.8 Å². The molecular weight excluding hydrogens is 520 g/mol. The lowest BCUT2D eigenvalue weighted by molar-refractivity contribution is -0.128. The van der Waals surface area contributed by atoms with Crippen molar-refractivity contribution in [1.82, 2.24) is 26.6 Å². The molecule has 0 bridgehead atoms. The van der Waals surface area contributed by atoms with Crippen LogP contribution in [0, 0.1) is 0 Å². The van der Waals surface area contributed by atoms with Crippen molar-refractivity contribution in [3.05, 3.63) is 0 Å². The summed E-state index contributed by atoms with van der Waals surface area (Å²) in [6.07, 6.45) is 1.09. The first-order valence-corrected chi connectivity index (χ1v) is 12.5. The van der Waals surface area contributed by atoms with Crippen LogP contribution in [-0.2, 0) is 47.7 Å². The van der Waals surface area contributed by atoms with Gasteiger partial charge in [0.2, 0.25) is 30.0 Å². The van der Waals surface area contributed by atoms with Gasteiger partial charge in [-0.3, -0.25) is 28.8 Å². The van der Waals surface area contributed by atoms with Gasteiger partial charge in [0.1, 0.15) is 5.78 Å². The second kappa shape index (κ2) is 29.4. The number of ether oxygens (including phenoxy) is 4. The Morgan fingerprint density at radius 2 is 1.05 bits per heavy atom. The number of likely N-dealkylation sites (N-methyl/N-ethyl adjacent to an activating group) is 1. The van der Waals surface area contributed by atoms with Gasteiger partial charge in [-0.2, -0.15) is 0 Å². The Labute approximate surface area is 228 Å². The van der Waals surface area contributed by atoms with E-state index in [1.165, 1.54) is 0 Å². The molecule has 0 aliphatic rings. The normalized spacial score (nSPS) is 9.92. The van der Waals surface area contributed by atoms with Gasteiger partial charge >= 0.3 is 0 Å². The summed E-state index contributed by atoms with van der Waals surface area (Å²) in [5.74, 6) is -1.66. The molecule has 0 aromatic heterocycles. The lowest BCUT2D eigenvalue weighted by Gasteiger charge is -2.07. The Hall–Kier alpha value is -3.18. The molecule has 0 aromatic carbocycles. The summed E-state index contributed by atoms with van der Waals surface area (Å²) in [5.41, 5.74) is 5.03. The van der Waals surface area contributed by atoms with Crippen LogP contribution in [0.15, 0.2) is 0 Å². The number of ketones is 1. The Balaban J connectivity index is 0. The average Bonchev–Trinajstić information content (AvgIpc) is 2.91. The van der Waals surface area contributed by atoms with Crippen molar-refractivity contribution in [2.24, 2.45) is 5.73 Å². The molecule has 0 atom stereocenters. The van der Waals surface area contributed by atoms with E-state index >= 15 is 0 Å². The standard InChI is InChI=1S/C13H25NO6.C10H19N5O4/c1-13(16)2-4-17-6-8-19-10-11-20-9-7-18-5-3-14-12-15;1-2-12-8(17)4-14-10(19)6-15-9(18)5-13-7(16)3-11/h12H,2-11H2,1H3,(H,14,15);2-6,11H2,1H3,(H,12,17)(H,13,16)(H,14,19)(H,15,18). The van der Waals surface area contributed by atoms with Crippen molar-refractivity contribution >= 4 is 35.8 Å². The average molecular weight is 565 g/mol. The van der Waals surface area contributed by atoms with Crippen LogP contribution in [0.4, 0.5) is 0 Å². The van der Waals surface area contributed by atoms with Crippen LogP contribution >= 0.6 is 0 Å². The smallest absolute Gasteiger partial charge is 0.239 e. The SMILES string of the molecule is CC(=O)CCOCCOCCOCCOCCNC=O.CCNC(=O)CNC(=O)CNC(=O)CNC(=O)CN. The van der Waals surface area contributed by atoms with Gasteiger partial charge in [-0.1, -0.05) is 0 Å². The van der Waals surface area contributed by atoms with Gasteiger partial charge in [0.05, 0.1) is 79.0 Å². The quantitative estimate of drug-likeness (QED) is 0.0492. The van der Waals surface area contributed by atoms with Crippen molar-refractivity contribution in [3.8, 4) is 0 Å². The minimum absolute atomic E-state index is 0.128. The van der Waals surface area contributed by atoms with E-state index in [4.69, 9.17) is 24.7 Å². The second-order valence-electron chi connectivity index (χ2n) is 7.46. The Bertz CT molecular complexity index is 696. The third kappa shape index (κ3) is 32.8. The van der Waals surface area contributed by atoms with E-state index < -0.39 is 17.7 Å². The molecule has 0 aromatic rings. The van der Waals surface area contributed by atoms with Gasteiger partial charge in [0.25, 0.3) is 0 Å². The summed E-state index contributed by atoms with van der Waals surface area (Å²) in [6.45, 7) is 7.33. The molecule has 16 heteroatoms. The molecule has 0 saturated heterocycles. The molecule has 0 fully saturated rings. The predicted octanol–water partition coefficient (Wildman–Crippen LogP) is -3.79. The summed E-state index contributed by atoms with van der Waals surface area (Å²) < 4.78 is 20.9. The van der Waals surface area contributed by atoms with E-state index in [9.17, 15) is 28.8 Å². The molecule has 0 radical (unpaired) electrons. The number of rotatable bonds is 24. The maximum absolute atomic E-state index is 11.2. The number of carbonyl (C=O) groups excluding carboxylic acids is 6. The molecule has 39 heavy (non-hydrogen) atoms. The molecule has 226 valence electrons. The summed E-state index contributed by atoms with van der Waals surface area (Å²) in [4.78, 5) is 64.7. The highest BCUT2D eigenvalue weighted by Crippen LogP contribution is 1.86. The van der Waals surface area contributed by atoms with Gasteiger partial charge in [0, 0.05) is 19.5 Å². The van der Waals surface area contributed by atoms with Crippen molar-refractivity contribution in [3.63, 3.8) is 0 Å². The van der Waals surface area contributed by atoms with Crippen LogP contribution in [0.1, 0.15) is 20.3 Å². The lowest BCUT2D eigenvalue weighted by atomic mass is 10.3. The minimum atomic E-state index is -0.519. The molecule has 0 saturated carbocycles.